The normalized spacial score (nSPS) is 19.6. The molecule has 0 radical (unpaired) electrons. The number of carbonyl (C=O) groups excluding carboxylic acids is 1. The smallest absolute Gasteiger partial charge is 0.182 e. The molecule has 1 aromatic rings. The Hall–Kier alpha value is -1.89. The first-order valence-electron chi connectivity index (χ1n) is 6.32. The largest absolute Gasteiger partial charge is 0.290 e. The van der Waals surface area contributed by atoms with Crippen LogP contribution in [0.1, 0.15) is 25.8 Å². The summed E-state index contributed by atoms with van der Waals surface area (Å²) in [6.07, 6.45) is 8.62. The maximum Gasteiger partial charge on any atom is 0.182 e. The number of hydrogen-bond donors (Lipinski definition) is 0. The first-order valence-corrected chi connectivity index (χ1v) is 6.32. The SMILES string of the molecule is C/C(=C\C(=O)C1=CC=CC(C)C1)c1ccccc1. The van der Waals surface area contributed by atoms with Gasteiger partial charge in [0.1, 0.15) is 0 Å². The second kappa shape index (κ2) is 5.63. The molecule has 0 N–H and O–H groups in total. The van der Waals surface area contributed by atoms with Crippen molar-refractivity contribution in [3.63, 3.8) is 0 Å². The zero-order chi connectivity index (χ0) is 13.0. The fourth-order valence-electron chi connectivity index (χ4n) is 2.10. The maximum atomic E-state index is 12.1. The molecule has 0 fully saturated rings. The van der Waals surface area contributed by atoms with Crippen molar-refractivity contribution in [2.75, 3.05) is 0 Å². The Labute approximate surface area is 109 Å². The quantitative estimate of drug-likeness (QED) is 0.722. The standard InChI is InChI=1S/C17H18O/c1-13-7-6-10-16(11-13)17(18)12-14(2)15-8-4-3-5-9-15/h3-10,12-13H,11H2,1-2H3/b14-12+. The van der Waals surface area contributed by atoms with Crippen LogP contribution in [0.15, 0.2) is 60.2 Å². The highest BCUT2D eigenvalue weighted by Crippen LogP contribution is 2.21. The van der Waals surface area contributed by atoms with Crippen LogP contribution in [0.4, 0.5) is 0 Å². The molecule has 0 aromatic heterocycles. The van der Waals surface area contributed by atoms with Crippen molar-refractivity contribution in [3.8, 4) is 0 Å². The van der Waals surface area contributed by atoms with E-state index in [2.05, 4.69) is 13.0 Å². The summed E-state index contributed by atoms with van der Waals surface area (Å²) >= 11 is 0. The summed E-state index contributed by atoms with van der Waals surface area (Å²) in [5, 5.41) is 0. The topological polar surface area (TPSA) is 17.1 Å². The third-order valence-electron chi connectivity index (χ3n) is 3.17. The average Bonchev–Trinajstić information content (AvgIpc) is 2.39. The molecule has 2 rings (SSSR count). The van der Waals surface area contributed by atoms with Gasteiger partial charge >= 0.3 is 0 Å². The predicted octanol–water partition coefficient (Wildman–Crippen LogP) is 4.18. The van der Waals surface area contributed by atoms with E-state index in [1.165, 1.54) is 0 Å². The van der Waals surface area contributed by atoms with Gasteiger partial charge in [-0.2, -0.15) is 0 Å². The average molecular weight is 238 g/mol. The number of allylic oxidation sites excluding steroid dienone is 6. The Morgan fingerprint density at radius 3 is 2.67 bits per heavy atom. The molecule has 0 saturated heterocycles. The predicted molar refractivity (Wildman–Crippen MR) is 76.1 cm³/mol. The van der Waals surface area contributed by atoms with Gasteiger partial charge in [-0.25, -0.2) is 0 Å². The monoisotopic (exact) mass is 238 g/mol. The van der Waals surface area contributed by atoms with Crippen molar-refractivity contribution in [3.05, 3.63) is 65.8 Å². The van der Waals surface area contributed by atoms with E-state index in [0.29, 0.717) is 5.92 Å². The molecule has 1 atom stereocenters. The first kappa shape index (κ1) is 12.6. The molecule has 0 saturated carbocycles. The van der Waals surface area contributed by atoms with E-state index in [1.54, 1.807) is 6.08 Å². The van der Waals surface area contributed by atoms with Gasteiger partial charge in [-0.3, -0.25) is 4.79 Å². The third-order valence-corrected chi connectivity index (χ3v) is 3.17. The Balaban J connectivity index is 2.16. The first-order chi connectivity index (χ1) is 8.66. The number of carbonyl (C=O) groups is 1. The van der Waals surface area contributed by atoms with E-state index in [-0.39, 0.29) is 5.78 Å². The van der Waals surface area contributed by atoms with Crippen molar-refractivity contribution in [1.82, 2.24) is 0 Å². The van der Waals surface area contributed by atoms with E-state index < -0.39 is 0 Å². The lowest BCUT2D eigenvalue weighted by Gasteiger charge is -2.12. The fourth-order valence-corrected chi connectivity index (χ4v) is 2.10. The summed E-state index contributed by atoms with van der Waals surface area (Å²) in [5.41, 5.74) is 3.02. The van der Waals surface area contributed by atoms with E-state index in [4.69, 9.17) is 0 Å². The summed E-state index contributed by atoms with van der Waals surface area (Å²) in [4.78, 5) is 12.1. The molecule has 1 heteroatoms. The van der Waals surface area contributed by atoms with Crippen LogP contribution in [0.3, 0.4) is 0 Å². The lowest BCUT2D eigenvalue weighted by atomic mass is 9.92. The minimum absolute atomic E-state index is 0.132. The number of ketones is 1. The third kappa shape index (κ3) is 3.07. The summed E-state index contributed by atoms with van der Waals surface area (Å²) in [7, 11) is 0. The Morgan fingerprint density at radius 2 is 2.00 bits per heavy atom. The van der Waals surface area contributed by atoms with E-state index >= 15 is 0 Å². The second-order valence-electron chi connectivity index (χ2n) is 4.82. The molecule has 0 amide bonds. The molecule has 18 heavy (non-hydrogen) atoms. The van der Waals surface area contributed by atoms with Crippen molar-refractivity contribution in [2.24, 2.45) is 5.92 Å². The van der Waals surface area contributed by atoms with Crippen LogP contribution in [-0.2, 0) is 4.79 Å². The highest BCUT2D eigenvalue weighted by atomic mass is 16.1. The van der Waals surface area contributed by atoms with Gasteiger partial charge in [0.2, 0.25) is 0 Å². The molecule has 92 valence electrons. The molecular weight excluding hydrogens is 220 g/mol. The van der Waals surface area contributed by atoms with Gasteiger partial charge in [0.15, 0.2) is 5.78 Å². The molecule has 1 nitrogen and oxygen atoms in total. The van der Waals surface area contributed by atoms with Crippen molar-refractivity contribution < 1.29 is 4.79 Å². The number of benzene rings is 1. The van der Waals surface area contributed by atoms with Crippen LogP contribution < -0.4 is 0 Å². The summed E-state index contributed by atoms with van der Waals surface area (Å²) in [6, 6.07) is 10.0. The fraction of sp³-hybridized carbons (Fsp3) is 0.235. The van der Waals surface area contributed by atoms with Crippen molar-refractivity contribution in [1.29, 1.82) is 0 Å². The van der Waals surface area contributed by atoms with Crippen LogP contribution in [-0.4, -0.2) is 5.78 Å². The molecule has 0 bridgehead atoms. The van der Waals surface area contributed by atoms with E-state index in [9.17, 15) is 4.79 Å². The number of rotatable bonds is 3. The highest BCUT2D eigenvalue weighted by molar-refractivity contribution is 6.08. The molecule has 0 aliphatic heterocycles. The molecular formula is C17H18O. The highest BCUT2D eigenvalue weighted by Gasteiger charge is 2.12. The van der Waals surface area contributed by atoms with Crippen LogP contribution in [0.2, 0.25) is 0 Å². The lowest BCUT2D eigenvalue weighted by molar-refractivity contribution is -0.111. The van der Waals surface area contributed by atoms with Gasteiger partial charge in [0, 0.05) is 5.57 Å². The molecule has 1 aliphatic carbocycles. The Morgan fingerprint density at radius 1 is 1.28 bits per heavy atom. The second-order valence-corrected chi connectivity index (χ2v) is 4.82. The zero-order valence-corrected chi connectivity index (χ0v) is 10.9. The minimum Gasteiger partial charge on any atom is -0.290 e. The van der Waals surface area contributed by atoms with Crippen LogP contribution in [0, 0.1) is 5.92 Å². The van der Waals surface area contributed by atoms with Crippen LogP contribution in [0.25, 0.3) is 5.57 Å². The van der Waals surface area contributed by atoms with Gasteiger partial charge in [-0.1, -0.05) is 55.5 Å². The molecule has 1 unspecified atom stereocenters. The molecule has 1 aromatic carbocycles. The molecule has 0 heterocycles. The summed E-state index contributed by atoms with van der Waals surface area (Å²) in [6.45, 7) is 4.11. The van der Waals surface area contributed by atoms with Crippen molar-refractivity contribution >= 4 is 11.4 Å². The number of hydrogen-bond acceptors (Lipinski definition) is 1. The summed E-state index contributed by atoms with van der Waals surface area (Å²) < 4.78 is 0. The maximum absolute atomic E-state index is 12.1. The lowest BCUT2D eigenvalue weighted by Crippen LogP contribution is -2.06. The van der Waals surface area contributed by atoms with Gasteiger partial charge in [0.25, 0.3) is 0 Å². The van der Waals surface area contributed by atoms with Crippen molar-refractivity contribution in [2.45, 2.75) is 20.3 Å². The zero-order valence-electron chi connectivity index (χ0n) is 10.9. The van der Waals surface area contributed by atoms with Crippen LogP contribution in [0.5, 0.6) is 0 Å². The molecule has 1 aliphatic rings. The van der Waals surface area contributed by atoms with Gasteiger partial charge < -0.3 is 0 Å². The molecule has 0 spiro atoms. The Kier molecular flexibility index (Phi) is 3.93. The van der Waals surface area contributed by atoms with E-state index in [1.807, 2.05) is 49.4 Å². The van der Waals surface area contributed by atoms with E-state index in [0.717, 1.165) is 23.1 Å². The Bertz CT molecular complexity index is 518. The van der Waals surface area contributed by atoms with Crippen LogP contribution >= 0.6 is 0 Å². The van der Waals surface area contributed by atoms with Gasteiger partial charge in [-0.05, 0) is 36.5 Å². The van der Waals surface area contributed by atoms with Gasteiger partial charge in [0.05, 0.1) is 0 Å². The summed E-state index contributed by atoms with van der Waals surface area (Å²) in [5.74, 6) is 0.590. The minimum atomic E-state index is 0.132. The van der Waals surface area contributed by atoms with Gasteiger partial charge in [-0.15, -0.1) is 0 Å².